The van der Waals surface area contributed by atoms with Crippen LogP contribution in [0.2, 0.25) is 0 Å². The molecule has 2 aromatic heterocycles. The molecule has 0 saturated heterocycles. The number of nitrogens with zero attached hydrogens (tertiary/aromatic N) is 3. The fourth-order valence-corrected chi connectivity index (χ4v) is 3.65. The number of hydrogen-bond acceptors (Lipinski definition) is 5. The maximum atomic E-state index is 12.2. The van der Waals surface area contributed by atoms with Crippen molar-refractivity contribution < 1.29 is 0 Å². The van der Waals surface area contributed by atoms with Crippen molar-refractivity contribution in [2.75, 3.05) is 25.0 Å². The predicted octanol–water partition coefficient (Wildman–Crippen LogP) is 4.22. The van der Waals surface area contributed by atoms with Gasteiger partial charge in [0.1, 0.15) is 0 Å². The van der Waals surface area contributed by atoms with Crippen LogP contribution in [0.1, 0.15) is 39.2 Å². The number of aromatic nitrogens is 3. The van der Waals surface area contributed by atoms with Gasteiger partial charge in [-0.3, -0.25) is 4.79 Å². The molecule has 0 amide bonds. The summed E-state index contributed by atoms with van der Waals surface area (Å²) in [4.78, 5) is 26.5. The molecule has 6 nitrogen and oxygen atoms in total. The molecule has 0 aliphatic heterocycles. The summed E-state index contributed by atoms with van der Waals surface area (Å²) in [5.74, 6) is 0.648. The smallest absolute Gasteiger partial charge is 0.256 e. The summed E-state index contributed by atoms with van der Waals surface area (Å²) in [5, 5.41) is 4.33. The van der Waals surface area contributed by atoms with E-state index in [4.69, 9.17) is 0 Å². The Morgan fingerprint density at radius 3 is 2.72 bits per heavy atom. The maximum Gasteiger partial charge on any atom is 0.256 e. The molecule has 1 aromatic carbocycles. The van der Waals surface area contributed by atoms with Gasteiger partial charge in [-0.2, -0.15) is 0 Å². The average molecular weight is 394 g/mol. The summed E-state index contributed by atoms with van der Waals surface area (Å²) in [5.41, 5.74) is 3.31. The largest absolute Gasteiger partial charge is 0.352 e. The zero-order chi connectivity index (χ0) is 20.8. The molecule has 0 aliphatic rings. The monoisotopic (exact) mass is 393 g/mol. The number of H-pyrrole nitrogens is 1. The molecule has 0 radical (unpaired) electrons. The summed E-state index contributed by atoms with van der Waals surface area (Å²) in [6, 6.07) is 8.10. The first-order valence-corrected chi connectivity index (χ1v) is 10.5. The minimum absolute atomic E-state index is 0.0814. The molecule has 0 unspecified atom stereocenters. The fourth-order valence-electron chi connectivity index (χ4n) is 3.65. The molecule has 2 N–H and O–H groups in total. The van der Waals surface area contributed by atoms with E-state index < -0.39 is 0 Å². The molecule has 1 atom stereocenters. The lowest BCUT2D eigenvalue weighted by Gasteiger charge is -2.19. The van der Waals surface area contributed by atoms with Gasteiger partial charge in [-0.15, -0.1) is 0 Å². The molecular formula is C23H31N5O. The Bertz CT molecular complexity index is 1010. The molecule has 29 heavy (non-hydrogen) atoms. The molecule has 0 aliphatic carbocycles. The van der Waals surface area contributed by atoms with Crippen molar-refractivity contribution in [1.82, 2.24) is 19.9 Å². The number of anilines is 1. The van der Waals surface area contributed by atoms with Gasteiger partial charge in [-0.25, -0.2) is 9.97 Å². The lowest BCUT2D eigenvalue weighted by molar-refractivity contribution is 0.295. The van der Waals surface area contributed by atoms with Gasteiger partial charge >= 0.3 is 0 Å². The van der Waals surface area contributed by atoms with Crippen LogP contribution in [0.3, 0.4) is 0 Å². The second kappa shape index (κ2) is 9.65. The van der Waals surface area contributed by atoms with Crippen molar-refractivity contribution in [3.8, 4) is 11.1 Å². The Labute approximate surface area is 172 Å². The van der Waals surface area contributed by atoms with E-state index in [0.717, 1.165) is 54.5 Å². The van der Waals surface area contributed by atoms with Gasteiger partial charge in [0.15, 0.2) is 0 Å². The summed E-state index contributed by atoms with van der Waals surface area (Å²) in [6.45, 7) is 11.8. The van der Waals surface area contributed by atoms with E-state index in [9.17, 15) is 4.79 Å². The van der Waals surface area contributed by atoms with Crippen molar-refractivity contribution >= 4 is 16.9 Å². The highest BCUT2D eigenvalue weighted by Crippen LogP contribution is 2.23. The number of fused-ring (bicyclic) bond motifs is 1. The second-order valence-corrected chi connectivity index (χ2v) is 7.55. The van der Waals surface area contributed by atoms with Crippen LogP contribution in [-0.4, -0.2) is 45.5 Å². The molecule has 0 saturated carbocycles. The third kappa shape index (κ3) is 5.21. The Balaban J connectivity index is 1.70. The standard InChI is InChI=1S/C23H31N5O/c1-5-28(6-2)13-7-8-17(4)26-23-25-15-19-14-18(9-10-20(19)27-23)21-16(3)11-12-24-22(21)29/h9-12,14-15,17H,5-8,13H2,1-4H3,(H,24,29)(H,25,26,27)/t17-/m0/s1. The molecule has 154 valence electrons. The lowest BCUT2D eigenvalue weighted by Crippen LogP contribution is -2.25. The molecule has 2 heterocycles. The molecule has 3 aromatic rings. The molecule has 6 heteroatoms. The number of nitrogens with one attached hydrogen (secondary N) is 2. The Kier molecular flexibility index (Phi) is 6.99. The number of rotatable bonds is 9. The van der Waals surface area contributed by atoms with Gasteiger partial charge in [-0.1, -0.05) is 19.9 Å². The van der Waals surface area contributed by atoms with Gasteiger partial charge in [0.2, 0.25) is 5.95 Å². The van der Waals surface area contributed by atoms with Gasteiger partial charge in [0, 0.05) is 29.4 Å². The van der Waals surface area contributed by atoms with E-state index in [1.807, 2.05) is 37.4 Å². The average Bonchev–Trinajstić information content (AvgIpc) is 2.71. The van der Waals surface area contributed by atoms with E-state index >= 15 is 0 Å². The van der Waals surface area contributed by atoms with Crippen LogP contribution in [0.4, 0.5) is 5.95 Å². The molecule has 3 rings (SSSR count). The van der Waals surface area contributed by atoms with E-state index in [1.54, 1.807) is 6.20 Å². The van der Waals surface area contributed by atoms with Crippen molar-refractivity contribution in [2.24, 2.45) is 0 Å². The predicted molar refractivity (Wildman–Crippen MR) is 120 cm³/mol. The van der Waals surface area contributed by atoms with Crippen LogP contribution in [0.5, 0.6) is 0 Å². The normalized spacial score (nSPS) is 12.4. The van der Waals surface area contributed by atoms with Crippen molar-refractivity contribution in [1.29, 1.82) is 0 Å². The number of aromatic amines is 1. The molecule has 0 fully saturated rings. The Morgan fingerprint density at radius 2 is 2.00 bits per heavy atom. The van der Waals surface area contributed by atoms with Crippen LogP contribution in [0.25, 0.3) is 22.0 Å². The van der Waals surface area contributed by atoms with E-state index in [1.165, 1.54) is 0 Å². The van der Waals surface area contributed by atoms with Crippen molar-refractivity contribution in [3.05, 3.63) is 52.6 Å². The van der Waals surface area contributed by atoms with Crippen LogP contribution >= 0.6 is 0 Å². The molecule has 0 bridgehead atoms. The van der Waals surface area contributed by atoms with E-state index in [2.05, 4.69) is 45.9 Å². The van der Waals surface area contributed by atoms with Crippen LogP contribution in [-0.2, 0) is 0 Å². The summed E-state index contributed by atoms with van der Waals surface area (Å²) in [6.07, 6.45) is 5.72. The summed E-state index contributed by atoms with van der Waals surface area (Å²) < 4.78 is 0. The molecular weight excluding hydrogens is 362 g/mol. The quantitative estimate of drug-likeness (QED) is 0.569. The van der Waals surface area contributed by atoms with Crippen LogP contribution < -0.4 is 10.9 Å². The van der Waals surface area contributed by atoms with Gasteiger partial charge in [-0.05, 0) is 75.6 Å². The summed E-state index contributed by atoms with van der Waals surface area (Å²) >= 11 is 0. The van der Waals surface area contributed by atoms with Crippen molar-refractivity contribution in [3.63, 3.8) is 0 Å². The van der Waals surface area contributed by atoms with Crippen LogP contribution in [0, 0.1) is 6.92 Å². The maximum absolute atomic E-state index is 12.2. The van der Waals surface area contributed by atoms with Gasteiger partial charge < -0.3 is 15.2 Å². The van der Waals surface area contributed by atoms with Gasteiger partial charge in [0.25, 0.3) is 5.56 Å². The Morgan fingerprint density at radius 1 is 1.21 bits per heavy atom. The first kappa shape index (κ1) is 21.0. The fraction of sp³-hybridized carbons (Fsp3) is 0.435. The molecule has 0 spiro atoms. The minimum Gasteiger partial charge on any atom is -0.352 e. The SMILES string of the molecule is CCN(CC)CCC[C@H](C)Nc1ncc2cc(-c3c(C)cc[nH]c3=O)ccc2n1. The van der Waals surface area contributed by atoms with Crippen LogP contribution in [0.15, 0.2) is 41.5 Å². The highest BCUT2D eigenvalue weighted by molar-refractivity contribution is 5.85. The number of hydrogen-bond donors (Lipinski definition) is 2. The zero-order valence-corrected chi connectivity index (χ0v) is 17.8. The van der Waals surface area contributed by atoms with Gasteiger partial charge in [0.05, 0.1) is 5.52 Å². The first-order chi connectivity index (χ1) is 14.0. The topological polar surface area (TPSA) is 73.9 Å². The lowest BCUT2D eigenvalue weighted by atomic mass is 10.0. The summed E-state index contributed by atoms with van der Waals surface area (Å²) in [7, 11) is 0. The Hall–Kier alpha value is -2.73. The third-order valence-corrected chi connectivity index (χ3v) is 5.42. The highest BCUT2D eigenvalue weighted by atomic mass is 16.1. The van der Waals surface area contributed by atoms with E-state index in [-0.39, 0.29) is 5.56 Å². The number of benzene rings is 1. The highest BCUT2D eigenvalue weighted by Gasteiger charge is 2.10. The first-order valence-electron chi connectivity index (χ1n) is 10.5. The van der Waals surface area contributed by atoms with E-state index in [0.29, 0.717) is 17.6 Å². The second-order valence-electron chi connectivity index (χ2n) is 7.55. The van der Waals surface area contributed by atoms with Crippen molar-refractivity contribution in [2.45, 2.75) is 46.6 Å². The number of aryl methyl sites for hydroxylation is 1. The number of pyridine rings is 1. The minimum atomic E-state index is -0.0814. The third-order valence-electron chi connectivity index (χ3n) is 5.42. The zero-order valence-electron chi connectivity index (χ0n) is 17.8.